The quantitative estimate of drug-likeness (QED) is 0.750. The first-order valence-electron chi connectivity index (χ1n) is 11.4. The number of nitrogens with zero attached hydrogens (tertiary/aromatic N) is 2. The van der Waals surface area contributed by atoms with Crippen molar-refractivity contribution < 1.29 is 17.9 Å². The van der Waals surface area contributed by atoms with E-state index in [2.05, 4.69) is 16.3 Å². The molecule has 0 unspecified atom stereocenters. The second-order valence-corrected chi connectivity index (χ2v) is 10.6. The summed E-state index contributed by atoms with van der Waals surface area (Å²) in [5.74, 6) is -0.274. The second kappa shape index (κ2) is 8.84. The molecule has 0 aromatic heterocycles. The van der Waals surface area contributed by atoms with Crippen LogP contribution < -0.4 is 10.2 Å². The summed E-state index contributed by atoms with van der Waals surface area (Å²) in [7, 11) is -3.68. The van der Waals surface area contributed by atoms with Gasteiger partial charge in [-0.15, -0.1) is 0 Å². The molecule has 8 heteroatoms. The van der Waals surface area contributed by atoms with Gasteiger partial charge in [0.05, 0.1) is 23.7 Å². The number of ether oxygens (including phenoxy) is 1. The van der Waals surface area contributed by atoms with Crippen molar-refractivity contribution in [2.24, 2.45) is 0 Å². The van der Waals surface area contributed by atoms with Gasteiger partial charge in [-0.1, -0.05) is 6.07 Å². The molecule has 2 saturated heterocycles. The van der Waals surface area contributed by atoms with Crippen LogP contribution in [0.25, 0.3) is 0 Å². The minimum atomic E-state index is -3.68. The minimum Gasteiger partial charge on any atom is -0.379 e. The first kappa shape index (κ1) is 21.4. The molecule has 0 saturated carbocycles. The van der Waals surface area contributed by atoms with E-state index < -0.39 is 10.0 Å². The molecule has 3 aliphatic rings. The van der Waals surface area contributed by atoms with E-state index >= 15 is 0 Å². The number of aryl methyl sites for hydroxylation is 2. The number of hydrogen-bond acceptors (Lipinski definition) is 5. The molecular formula is C24H29N3O4S. The monoisotopic (exact) mass is 455 g/mol. The number of rotatable bonds is 5. The lowest BCUT2D eigenvalue weighted by Crippen LogP contribution is -2.40. The lowest BCUT2D eigenvalue weighted by Gasteiger charge is -2.27. The molecule has 0 radical (unpaired) electrons. The number of fused-ring (bicyclic) bond motifs is 1. The summed E-state index contributed by atoms with van der Waals surface area (Å²) in [6, 6.07) is 11.0. The molecule has 1 N–H and O–H groups in total. The predicted molar refractivity (Wildman–Crippen MR) is 124 cm³/mol. The maximum absolute atomic E-state index is 13.4. The summed E-state index contributed by atoms with van der Waals surface area (Å²) in [4.78, 5) is 15.7. The van der Waals surface area contributed by atoms with Gasteiger partial charge in [0.25, 0.3) is 5.91 Å². The third-order valence-corrected chi connectivity index (χ3v) is 8.52. The van der Waals surface area contributed by atoms with E-state index in [1.54, 1.807) is 18.2 Å². The third kappa shape index (κ3) is 4.14. The topological polar surface area (TPSA) is 79.0 Å². The third-order valence-electron chi connectivity index (χ3n) is 6.62. The zero-order chi connectivity index (χ0) is 22.1. The Morgan fingerprint density at radius 1 is 0.875 bits per heavy atom. The number of sulfonamides is 1. The number of anilines is 2. The normalized spacial score (nSPS) is 19.2. The molecule has 2 fully saturated rings. The van der Waals surface area contributed by atoms with Crippen LogP contribution in [-0.2, 0) is 27.6 Å². The number of benzene rings is 2. The molecule has 2 aromatic rings. The highest BCUT2D eigenvalue weighted by molar-refractivity contribution is 7.89. The maximum Gasteiger partial charge on any atom is 0.257 e. The number of morpholine rings is 1. The average Bonchev–Trinajstić information content (AvgIpc) is 3.51. The highest BCUT2D eigenvalue weighted by Crippen LogP contribution is 2.30. The standard InChI is InChI=1S/C24H29N3O4S/c28-24(25-20-7-6-18-4-3-5-19(18)16-20)22-17-21(8-9-23(22)26-10-1-2-11-26)32(29,30)27-12-14-31-15-13-27/h6-9,16-17H,1-5,10-15H2,(H,25,28). The molecule has 2 aliphatic heterocycles. The van der Waals surface area contributed by atoms with Crippen LogP contribution in [0.1, 0.15) is 40.7 Å². The molecule has 1 amide bonds. The first-order chi connectivity index (χ1) is 15.5. The SMILES string of the molecule is O=C(Nc1ccc2c(c1)CCC2)c1cc(S(=O)(=O)N2CCOCC2)ccc1N1CCCC1. The molecule has 0 atom stereocenters. The summed E-state index contributed by atoms with van der Waals surface area (Å²) in [5, 5.41) is 3.02. The highest BCUT2D eigenvalue weighted by atomic mass is 32.2. The zero-order valence-corrected chi connectivity index (χ0v) is 19.0. The molecule has 32 heavy (non-hydrogen) atoms. The van der Waals surface area contributed by atoms with Crippen LogP contribution in [0.3, 0.4) is 0 Å². The van der Waals surface area contributed by atoms with Gasteiger partial charge in [0.15, 0.2) is 0 Å². The van der Waals surface area contributed by atoms with Crippen LogP contribution in [-0.4, -0.2) is 58.0 Å². The van der Waals surface area contributed by atoms with E-state index in [1.807, 2.05) is 12.1 Å². The fourth-order valence-electron chi connectivity index (χ4n) is 4.88. The Hall–Kier alpha value is -2.42. The Morgan fingerprint density at radius 3 is 2.41 bits per heavy atom. The second-order valence-electron chi connectivity index (χ2n) is 8.68. The van der Waals surface area contributed by atoms with Gasteiger partial charge < -0.3 is 15.0 Å². The molecule has 2 heterocycles. The van der Waals surface area contributed by atoms with Crippen molar-refractivity contribution >= 4 is 27.3 Å². The van der Waals surface area contributed by atoms with Gasteiger partial charge in [-0.05, 0) is 73.6 Å². The van der Waals surface area contributed by atoms with E-state index in [1.165, 1.54) is 15.4 Å². The van der Waals surface area contributed by atoms with Gasteiger partial charge >= 0.3 is 0 Å². The average molecular weight is 456 g/mol. The fraction of sp³-hybridized carbons (Fsp3) is 0.458. The van der Waals surface area contributed by atoms with E-state index in [-0.39, 0.29) is 10.8 Å². The van der Waals surface area contributed by atoms with Crippen LogP contribution >= 0.6 is 0 Å². The Kier molecular flexibility index (Phi) is 5.92. The van der Waals surface area contributed by atoms with Crippen LogP contribution in [0.15, 0.2) is 41.3 Å². The van der Waals surface area contributed by atoms with Crippen LogP contribution in [0.5, 0.6) is 0 Å². The van der Waals surface area contributed by atoms with Gasteiger partial charge in [-0.25, -0.2) is 8.42 Å². The van der Waals surface area contributed by atoms with Crippen molar-refractivity contribution in [3.8, 4) is 0 Å². The van der Waals surface area contributed by atoms with Gasteiger partial charge in [0.2, 0.25) is 10.0 Å². The number of hydrogen-bond donors (Lipinski definition) is 1. The maximum atomic E-state index is 13.4. The van der Waals surface area contributed by atoms with E-state index in [4.69, 9.17) is 4.74 Å². The van der Waals surface area contributed by atoms with Gasteiger partial charge in [0, 0.05) is 37.6 Å². The largest absolute Gasteiger partial charge is 0.379 e. The number of carbonyl (C=O) groups excluding carboxylic acids is 1. The minimum absolute atomic E-state index is 0.154. The lowest BCUT2D eigenvalue weighted by molar-refractivity contribution is 0.0730. The van der Waals surface area contributed by atoms with Crippen molar-refractivity contribution in [3.05, 3.63) is 53.1 Å². The van der Waals surface area contributed by atoms with Crippen LogP contribution in [0, 0.1) is 0 Å². The predicted octanol–water partition coefficient (Wildman–Crippen LogP) is 3.05. The molecule has 7 nitrogen and oxygen atoms in total. The molecule has 0 spiro atoms. The molecule has 2 aromatic carbocycles. The van der Waals surface area contributed by atoms with Crippen molar-refractivity contribution in [1.29, 1.82) is 0 Å². The summed E-state index contributed by atoms with van der Waals surface area (Å²) in [5.41, 5.74) is 4.58. The fourth-order valence-corrected chi connectivity index (χ4v) is 6.31. The van der Waals surface area contributed by atoms with E-state index in [0.29, 0.717) is 31.9 Å². The van der Waals surface area contributed by atoms with Gasteiger partial charge in [0.1, 0.15) is 0 Å². The van der Waals surface area contributed by atoms with Crippen LogP contribution in [0.2, 0.25) is 0 Å². The van der Waals surface area contributed by atoms with Crippen LogP contribution in [0.4, 0.5) is 11.4 Å². The van der Waals surface area contributed by atoms with Crippen molar-refractivity contribution in [2.75, 3.05) is 49.6 Å². The lowest BCUT2D eigenvalue weighted by atomic mass is 10.1. The van der Waals surface area contributed by atoms with E-state index in [0.717, 1.165) is 56.6 Å². The van der Waals surface area contributed by atoms with Gasteiger partial charge in [-0.3, -0.25) is 4.79 Å². The Bertz CT molecular complexity index is 1120. The van der Waals surface area contributed by atoms with Crippen molar-refractivity contribution in [1.82, 2.24) is 4.31 Å². The van der Waals surface area contributed by atoms with Gasteiger partial charge in [-0.2, -0.15) is 4.31 Å². The van der Waals surface area contributed by atoms with E-state index in [9.17, 15) is 13.2 Å². The first-order valence-corrected chi connectivity index (χ1v) is 12.9. The Morgan fingerprint density at radius 2 is 1.62 bits per heavy atom. The smallest absolute Gasteiger partial charge is 0.257 e. The molecule has 170 valence electrons. The summed E-state index contributed by atoms with van der Waals surface area (Å²) in [6.45, 7) is 3.16. The molecule has 1 aliphatic carbocycles. The van der Waals surface area contributed by atoms with Crippen molar-refractivity contribution in [3.63, 3.8) is 0 Å². The summed E-state index contributed by atoms with van der Waals surface area (Å²) in [6.07, 6.45) is 5.40. The summed E-state index contributed by atoms with van der Waals surface area (Å²) >= 11 is 0. The Balaban J connectivity index is 1.48. The molecule has 0 bridgehead atoms. The summed E-state index contributed by atoms with van der Waals surface area (Å²) < 4.78 is 33.1. The number of carbonyl (C=O) groups is 1. The number of nitrogens with one attached hydrogen (secondary N) is 1. The molecule has 5 rings (SSSR count). The van der Waals surface area contributed by atoms with Crippen molar-refractivity contribution in [2.45, 2.75) is 37.0 Å². The highest BCUT2D eigenvalue weighted by Gasteiger charge is 2.29. The Labute approximate surface area is 189 Å². The molecular weight excluding hydrogens is 426 g/mol. The zero-order valence-electron chi connectivity index (χ0n) is 18.2. The number of amides is 1.